The second-order valence-corrected chi connectivity index (χ2v) is 5.35. The van der Waals surface area contributed by atoms with Crippen LogP contribution < -0.4 is 5.32 Å². The van der Waals surface area contributed by atoms with Crippen molar-refractivity contribution in [1.29, 1.82) is 0 Å². The van der Waals surface area contributed by atoms with Crippen molar-refractivity contribution in [3.05, 3.63) is 46.2 Å². The Kier molecular flexibility index (Phi) is 3.89. The molecule has 0 aliphatic rings. The lowest BCUT2D eigenvalue weighted by Gasteiger charge is -2.20. The topological polar surface area (TPSA) is 52.5 Å². The van der Waals surface area contributed by atoms with Crippen molar-refractivity contribution in [3.63, 3.8) is 0 Å². The second kappa shape index (κ2) is 5.42. The predicted molar refractivity (Wildman–Crippen MR) is 74.1 cm³/mol. The molecule has 0 fully saturated rings. The molecule has 2 rings (SSSR count). The Morgan fingerprint density at radius 1 is 1.11 bits per heavy atom. The van der Waals surface area contributed by atoms with Crippen LogP contribution in [-0.4, -0.2) is 10.2 Å². The van der Waals surface area contributed by atoms with Gasteiger partial charge in [-0.15, -0.1) is 11.3 Å². The van der Waals surface area contributed by atoms with Gasteiger partial charge in [0.25, 0.3) is 0 Å². The molecule has 2 aromatic rings. The summed E-state index contributed by atoms with van der Waals surface area (Å²) in [6, 6.07) is 9.05. The van der Waals surface area contributed by atoms with Crippen LogP contribution >= 0.6 is 11.3 Å². The molecule has 1 aromatic carbocycles. The number of thiophene rings is 1. The molecule has 18 heavy (non-hydrogen) atoms. The molecule has 2 atom stereocenters. The molecule has 3 nitrogen and oxygen atoms in total. The minimum Gasteiger partial charge on any atom is -0.508 e. The fourth-order valence-corrected chi connectivity index (χ4v) is 2.73. The average molecular weight is 263 g/mol. The molecule has 0 radical (unpaired) electrons. The molecule has 1 aromatic heterocycles. The number of aromatic hydroxyl groups is 2. The van der Waals surface area contributed by atoms with Crippen LogP contribution in [0.2, 0.25) is 0 Å². The summed E-state index contributed by atoms with van der Waals surface area (Å²) in [6.45, 7) is 4.09. The molecule has 1 unspecified atom stereocenters. The number of hydrogen-bond acceptors (Lipinski definition) is 4. The zero-order valence-electron chi connectivity index (χ0n) is 10.4. The first-order chi connectivity index (χ1) is 8.58. The fourth-order valence-electron chi connectivity index (χ4n) is 1.98. The Morgan fingerprint density at radius 3 is 2.50 bits per heavy atom. The molecule has 1 heterocycles. The Labute approximate surface area is 111 Å². The maximum absolute atomic E-state index is 9.81. The van der Waals surface area contributed by atoms with Crippen LogP contribution in [-0.2, 0) is 0 Å². The van der Waals surface area contributed by atoms with Gasteiger partial charge >= 0.3 is 0 Å². The van der Waals surface area contributed by atoms with Gasteiger partial charge < -0.3 is 15.5 Å². The molecule has 4 heteroatoms. The summed E-state index contributed by atoms with van der Waals surface area (Å²) in [5.74, 6) is 0.197. The van der Waals surface area contributed by atoms with E-state index in [2.05, 4.69) is 23.7 Å². The standard InChI is InChI=1S/C14H17NO2S/c1-9(12-6-5-11(16)8-13(12)17)15-10(2)14-4-3-7-18-14/h3-10,15-17H,1-2H3/t9?,10-/m1/s1. The largest absolute Gasteiger partial charge is 0.508 e. The number of nitrogens with one attached hydrogen (secondary N) is 1. The summed E-state index contributed by atoms with van der Waals surface area (Å²) in [7, 11) is 0. The summed E-state index contributed by atoms with van der Waals surface area (Å²) in [5, 5.41) is 24.6. The molecule has 0 aliphatic carbocycles. The molecular weight excluding hydrogens is 246 g/mol. The van der Waals surface area contributed by atoms with E-state index in [0.29, 0.717) is 0 Å². The van der Waals surface area contributed by atoms with E-state index in [0.717, 1.165) is 5.56 Å². The van der Waals surface area contributed by atoms with E-state index in [1.807, 2.05) is 13.0 Å². The highest BCUT2D eigenvalue weighted by molar-refractivity contribution is 7.10. The van der Waals surface area contributed by atoms with Gasteiger partial charge in [-0.1, -0.05) is 12.1 Å². The molecular formula is C14H17NO2S. The maximum atomic E-state index is 9.81. The smallest absolute Gasteiger partial charge is 0.124 e. The van der Waals surface area contributed by atoms with Gasteiger partial charge in [0, 0.05) is 28.6 Å². The molecule has 0 saturated heterocycles. The first kappa shape index (κ1) is 12.9. The first-order valence-electron chi connectivity index (χ1n) is 5.89. The van der Waals surface area contributed by atoms with E-state index >= 15 is 0 Å². The van der Waals surface area contributed by atoms with Gasteiger partial charge in [-0.05, 0) is 31.4 Å². The quantitative estimate of drug-likeness (QED) is 0.790. The third-order valence-electron chi connectivity index (χ3n) is 2.95. The van der Waals surface area contributed by atoms with Gasteiger partial charge in [-0.25, -0.2) is 0 Å². The number of benzene rings is 1. The molecule has 0 aliphatic heterocycles. The van der Waals surface area contributed by atoms with Crippen LogP contribution in [0, 0.1) is 0 Å². The van der Waals surface area contributed by atoms with Crippen LogP contribution in [0.1, 0.15) is 36.4 Å². The van der Waals surface area contributed by atoms with E-state index in [9.17, 15) is 10.2 Å². The Morgan fingerprint density at radius 2 is 1.89 bits per heavy atom. The summed E-state index contributed by atoms with van der Waals surface area (Å²) in [5.41, 5.74) is 0.788. The Hall–Kier alpha value is -1.52. The molecule has 96 valence electrons. The van der Waals surface area contributed by atoms with E-state index in [-0.39, 0.29) is 23.6 Å². The van der Waals surface area contributed by atoms with Crippen LogP contribution in [0.4, 0.5) is 0 Å². The van der Waals surface area contributed by atoms with E-state index in [4.69, 9.17) is 0 Å². The number of phenolic OH excluding ortho intramolecular Hbond substituents is 2. The highest BCUT2D eigenvalue weighted by Gasteiger charge is 2.14. The van der Waals surface area contributed by atoms with Gasteiger partial charge in [-0.2, -0.15) is 0 Å². The molecule has 0 saturated carbocycles. The Bertz CT molecular complexity index is 511. The van der Waals surface area contributed by atoms with E-state index in [1.165, 1.54) is 10.9 Å². The number of hydrogen-bond donors (Lipinski definition) is 3. The van der Waals surface area contributed by atoms with Crippen molar-refractivity contribution in [2.24, 2.45) is 0 Å². The summed E-state index contributed by atoms with van der Waals surface area (Å²) < 4.78 is 0. The van der Waals surface area contributed by atoms with E-state index < -0.39 is 0 Å². The zero-order chi connectivity index (χ0) is 13.1. The minimum absolute atomic E-state index is 0.0164. The first-order valence-corrected chi connectivity index (χ1v) is 6.77. The zero-order valence-corrected chi connectivity index (χ0v) is 11.2. The van der Waals surface area contributed by atoms with Crippen molar-refractivity contribution in [3.8, 4) is 11.5 Å². The lowest BCUT2D eigenvalue weighted by atomic mass is 10.1. The second-order valence-electron chi connectivity index (χ2n) is 4.37. The lowest BCUT2D eigenvalue weighted by Crippen LogP contribution is -2.21. The van der Waals surface area contributed by atoms with Gasteiger partial charge in [0.2, 0.25) is 0 Å². The summed E-state index contributed by atoms with van der Waals surface area (Å²) in [6.07, 6.45) is 0. The molecule has 3 N–H and O–H groups in total. The minimum atomic E-state index is 0.0164. The number of phenols is 2. The van der Waals surface area contributed by atoms with Crippen molar-refractivity contribution in [1.82, 2.24) is 5.32 Å². The summed E-state index contributed by atoms with van der Waals surface area (Å²) >= 11 is 1.71. The van der Waals surface area contributed by atoms with Crippen molar-refractivity contribution < 1.29 is 10.2 Å². The fraction of sp³-hybridized carbons (Fsp3) is 0.286. The maximum Gasteiger partial charge on any atom is 0.124 e. The third-order valence-corrected chi connectivity index (χ3v) is 4.01. The highest BCUT2D eigenvalue weighted by Crippen LogP contribution is 2.30. The Balaban J connectivity index is 2.10. The lowest BCUT2D eigenvalue weighted by molar-refractivity contribution is 0.428. The SMILES string of the molecule is CC(N[C@H](C)c1cccs1)c1ccc(O)cc1O. The number of rotatable bonds is 4. The predicted octanol–water partition coefficient (Wildman–Crippen LogP) is 3.57. The van der Waals surface area contributed by atoms with Gasteiger partial charge in [0.1, 0.15) is 11.5 Å². The van der Waals surface area contributed by atoms with Crippen molar-refractivity contribution in [2.45, 2.75) is 25.9 Å². The van der Waals surface area contributed by atoms with Crippen LogP contribution in [0.25, 0.3) is 0 Å². The molecule has 0 amide bonds. The molecule has 0 bridgehead atoms. The van der Waals surface area contributed by atoms with Crippen LogP contribution in [0.5, 0.6) is 11.5 Å². The van der Waals surface area contributed by atoms with Crippen LogP contribution in [0.3, 0.4) is 0 Å². The van der Waals surface area contributed by atoms with Gasteiger partial charge in [0.15, 0.2) is 0 Å². The highest BCUT2D eigenvalue weighted by atomic mass is 32.1. The summed E-state index contributed by atoms with van der Waals surface area (Å²) in [4.78, 5) is 1.26. The van der Waals surface area contributed by atoms with Gasteiger partial charge in [-0.3, -0.25) is 0 Å². The normalized spacial score (nSPS) is 14.3. The monoisotopic (exact) mass is 263 g/mol. The van der Waals surface area contributed by atoms with Crippen molar-refractivity contribution in [2.75, 3.05) is 0 Å². The van der Waals surface area contributed by atoms with Crippen molar-refractivity contribution >= 4 is 11.3 Å². The average Bonchev–Trinajstić information content (AvgIpc) is 2.81. The van der Waals surface area contributed by atoms with Crippen LogP contribution in [0.15, 0.2) is 35.7 Å². The van der Waals surface area contributed by atoms with E-state index in [1.54, 1.807) is 23.5 Å². The molecule has 0 spiro atoms. The third kappa shape index (κ3) is 2.83. The van der Waals surface area contributed by atoms with Gasteiger partial charge in [0.05, 0.1) is 0 Å².